The van der Waals surface area contributed by atoms with E-state index in [-0.39, 0.29) is 0 Å². The van der Waals surface area contributed by atoms with Gasteiger partial charge in [0.05, 0.1) is 25.4 Å². The summed E-state index contributed by atoms with van der Waals surface area (Å²) < 4.78 is 10.1. The molecule has 2 atom stereocenters. The van der Waals surface area contributed by atoms with E-state index >= 15 is 0 Å². The summed E-state index contributed by atoms with van der Waals surface area (Å²) >= 11 is 0. The van der Waals surface area contributed by atoms with Crippen LogP contribution in [0.5, 0.6) is 0 Å². The van der Waals surface area contributed by atoms with Gasteiger partial charge >= 0.3 is 0 Å². The molecule has 0 spiro atoms. The SMILES string of the molecule is B(CC1CO1)CC1CO1. The van der Waals surface area contributed by atoms with Gasteiger partial charge < -0.3 is 9.47 Å². The molecule has 2 unspecified atom stereocenters. The van der Waals surface area contributed by atoms with Gasteiger partial charge in [0, 0.05) is 0 Å². The molecule has 2 aliphatic rings. The second-order valence-corrected chi connectivity index (χ2v) is 2.84. The largest absolute Gasteiger partial charge is 0.374 e. The molecule has 0 aliphatic carbocycles. The van der Waals surface area contributed by atoms with Gasteiger partial charge in [0.25, 0.3) is 0 Å². The lowest BCUT2D eigenvalue weighted by molar-refractivity contribution is 0.417. The van der Waals surface area contributed by atoms with E-state index in [9.17, 15) is 0 Å². The molecular formula is C6H11BO2. The van der Waals surface area contributed by atoms with E-state index in [1.54, 1.807) is 0 Å². The first-order chi connectivity index (χ1) is 4.45. The van der Waals surface area contributed by atoms with Crippen molar-refractivity contribution in [3.05, 3.63) is 0 Å². The van der Waals surface area contributed by atoms with Crippen molar-refractivity contribution < 1.29 is 9.47 Å². The summed E-state index contributed by atoms with van der Waals surface area (Å²) in [5.41, 5.74) is 0. The Morgan fingerprint density at radius 1 is 1.11 bits per heavy atom. The maximum absolute atomic E-state index is 5.07. The summed E-state index contributed by atoms with van der Waals surface area (Å²) in [6.45, 7) is 2.01. The van der Waals surface area contributed by atoms with Crippen LogP contribution in [0, 0.1) is 0 Å². The number of epoxide rings is 2. The Labute approximate surface area is 55.8 Å². The fourth-order valence-electron chi connectivity index (χ4n) is 1.04. The zero-order chi connectivity index (χ0) is 6.10. The zero-order valence-corrected chi connectivity index (χ0v) is 5.51. The minimum Gasteiger partial charge on any atom is -0.374 e. The van der Waals surface area contributed by atoms with Crippen LogP contribution < -0.4 is 0 Å². The van der Waals surface area contributed by atoms with Crippen LogP contribution >= 0.6 is 0 Å². The third-order valence-electron chi connectivity index (χ3n) is 1.86. The van der Waals surface area contributed by atoms with Crippen LogP contribution in [0.25, 0.3) is 0 Å². The average molecular weight is 126 g/mol. The molecule has 0 saturated carbocycles. The molecule has 0 aromatic rings. The first-order valence-corrected chi connectivity index (χ1v) is 3.68. The van der Waals surface area contributed by atoms with Gasteiger partial charge in [-0.15, -0.1) is 0 Å². The number of ether oxygens (including phenoxy) is 2. The molecule has 2 heterocycles. The van der Waals surface area contributed by atoms with E-state index in [1.807, 2.05) is 0 Å². The third kappa shape index (κ3) is 1.99. The maximum Gasteiger partial charge on any atom is 0.127 e. The Balaban J connectivity index is 1.46. The predicted octanol–water partition coefficient (Wildman–Crippen LogP) is 0.0571. The summed E-state index contributed by atoms with van der Waals surface area (Å²) in [5, 5.41) is 0. The molecule has 2 nitrogen and oxygen atoms in total. The molecule has 0 aromatic heterocycles. The van der Waals surface area contributed by atoms with Crippen LogP contribution in [0.2, 0.25) is 12.6 Å². The Hall–Kier alpha value is -0.0151. The fraction of sp³-hybridized carbons (Fsp3) is 1.00. The summed E-state index contributed by atoms with van der Waals surface area (Å²) in [4.78, 5) is 0. The Morgan fingerprint density at radius 3 is 1.89 bits per heavy atom. The minimum absolute atomic E-state index is 0.615. The monoisotopic (exact) mass is 126 g/mol. The molecule has 50 valence electrons. The van der Waals surface area contributed by atoms with Crippen molar-refractivity contribution in [3.8, 4) is 0 Å². The van der Waals surface area contributed by atoms with E-state index in [0.29, 0.717) is 12.2 Å². The van der Waals surface area contributed by atoms with Gasteiger partial charge in [0.1, 0.15) is 7.28 Å². The van der Waals surface area contributed by atoms with Gasteiger partial charge in [-0.2, -0.15) is 0 Å². The van der Waals surface area contributed by atoms with Crippen molar-refractivity contribution in [3.63, 3.8) is 0 Å². The van der Waals surface area contributed by atoms with Crippen molar-refractivity contribution in [2.75, 3.05) is 13.2 Å². The first-order valence-electron chi connectivity index (χ1n) is 3.68. The lowest BCUT2D eigenvalue weighted by atomic mass is 9.69. The molecule has 0 aromatic carbocycles. The van der Waals surface area contributed by atoms with Gasteiger partial charge in [-0.05, 0) is 12.6 Å². The molecule has 3 heteroatoms. The molecular weight excluding hydrogens is 115 g/mol. The van der Waals surface area contributed by atoms with Crippen molar-refractivity contribution in [2.45, 2.75) is 24.8 Å². The molecule has 0 radical (unpaired) electrons. The van der Waals surface area contributed by atoms with E-state index in [4.69, 9.17) is 9.47 Å². The lowest BCUT2D eigenvalue weighted by Gasteiger charge is -1.88. The van der Waals surface area contributed by atoms with E-state index in [2.05, 4.69) is 0 Å². The highest BCUT2D eigenvalue weighted by Crippen LogP contribution is 2.18. The topological polar surface area (TPSA) is 25.1 Å². The van der Waals surface area contributed by atoms with Crippen molar-refractivity contribution in [1.29, 1.82) is 0 Å². The van der Waals surface area contributed by atoms with Gasteiger partial charge in [0.15, 0.2) is 0 Å². The first kappa shape index (κ1) is 5.75. The van der Waals surface area contributed by atoms with Crippen LogP contribution in [0.3, 0.4) is 0 Å². The average Bonchev–Trinajstić information content (AvgIpc) is 2.57. The number of hydrogen-bond acceptors (Lipinski definition) is 2. The van der Waals surface area contributed by atoms with Gasteiger partial charge in [-0.1, -0.05) is 0 Å². The van der Waals surface area contributed by atoms with Gasteiger partial charge in [-0.25, -0.2) is 0 Å². The lowest BCUT2D eigenvalue weighted by Crippen LogP contribution is -1.98. The summed E-state index contributed by atoms with van der Waals surface area (Å²) in [7, 11) is 1.29. The van der Waals surface area contributed by atoms with Crippen molar-refractivity contribution in [2.24, 2.45) is 0 Å². The second-order valence-electron chi connectivity index (χ2n) is 2.84. The molecule has 9 heavy (non-hydrogen) atoms. The maximum atomic E-state index is 5.07. The minimum atomic E-state index is 0.615. The van der Waals surface area contributed by atoms with Crippen molar-refractivity contribution in [1.82, 2.24) is 0 Å². The fourth-order valence-corrected chi connectivity index (χ4v) is 1.04. The molecule has 2 aliphatic heterocycles. The van der Waals surface area contributed by atoms with Gasteiger partial charge in [0.2, 0.25) is 0 Å². The molecule has 2 fully saturated rings. The smallest absolute Gasteiger partial charge is 0.127 e. The summed E-state index contributed by atoms with van der Waals surface area (Å²) in [6.07, 6.45) is 3.73. The van der Waals surface area contributed by atoms with Crippen LogP contribution in [0.4, 0.5) is 0 Å². The molecule has 2 rings (SSSR count). The number of hydrogen-bond donors (Lipinski definition) is 0. The Morgan fingerprint density at radius 2 is 1.56 bits per heavy atom. The van der Waals surface area contributed by atoms with E-state index in [0.717, 1.165) is 13.2 Å². The quantitative estimate of drug-likeness (QED) is 0.393. The zero-order valence-electron chi connectivity index (χ0n) is 5.51. The summed E-state index contributed by atoms with van der Waals surface area (Å²) in [5.74, 6) is 0. The molecule has 0 N–H and O–H groups in total. The standard InChI is InChI=1S/C6H11BO2/c1(5-3-8-5)7-2-6-4-9-6/h5-7H,1-4H2. The summed E-state index contributed by atoms with van der Waals surface area (Å²) in [6, 6.07) is 0. The highest BCUT2D eigenvalue weighted by molar-refractivity contribution is 6.36. The molecule has 0 amide bonds. The second kappa shape index (κ2) is 2.31. The normalized spacial score (nSPS) is 38.2. The molecule has 0 bridgehead atoms. The van der Waals surface area contributed by atoms with E-state index in [1.165, 1.54) is 19.9 Å². The third-order valence-corrected chi connectivity index (χ3v) is 1.86. The van der Waals surface area contributed by atoms with E-state index < -0.39 is 0 Å². The van der Waals surface area contributed by atoms with Crippen LogP contribution in [0.15, 0.2) is 0 Å². The predicted molar refractivity (Wildman–Crippen MR) is 36.2 cm³/mol. The van der Waals surface area contributed by atoms with Crippen LogP contribution in [-0.4, -0.2) is 32.7 Å². The van der Waals surface area contributed by atoms with Crippen LogP contribution in [-0.2, 0) is 9.47 Å². The Bertz CT molecular complexity index is 87.2. The molecule has 2 saturated heterocycles. The highest BCUT2D eigenvalue weighted by atomic mass is 16.6. The highest BCUT2D eigenvalue weighted by Gasteiger charge is 2.26. The van der Waals surface area contributed by atoms with Gasteiger partial charge in [-0.3, -0.25) is 0 Å². The van der Waals surface area contributed by atoms with Crippen molar-refractivity contribution >= 4 is 7.28 Å². The number of rotatable bonds is 4. The van der Waals surface area contributed by atoms with Crippen LogP contribution in [0.1, 0.15) is 0 Å². The Kier molecular flexibility index (Phi) is 1.48.